The number of rotatable bonds is 27. The lowest BCUT2D eigenvalue weighted by Gasteiger charge is -2.34. The summed E-state index contributed by atoms with van der Waals surface area (Å²) in [5.41, 5.74) is 20.2. The number of carbonyl (C=O) groups is 18. The van der Waals surface area contributed by atoms with Crippen LogP contribution in [-0.4, -0.2) is 248 Å². The van der Waals surface area contributed by atoms with Crippen LogP contribution in [0.2, 0.25) is 0 Å². The van der Waals surface area contributed by atoms with Crippen molar-refractivity contribution in [1.82, 2.24) is 84.7 Å². The summed E-state index contributed by atoms with van der Waals surface area (Å²) in [4.78, 5) is 266. The number of hydrogen-bond donors (Lipinski definition) is 21. The zero-order chi connectivity index (χ0) is 103. The van der Waals surface area contributed by atoms with Crippen LogP contribution >= 0.6 is 11.8 Å². The summed E-state index contributed by atoms with van der Waals surface area (Å²) in [5.74, 6) is -22.3. The van der Waals surface area contributed by atoms with E-state index in [0.29, 0.717) is 46.9 Å². The maximum atomic E-state index is 15.5. The Morgan fingerprint density at radius 3 is 1.42 bits per heavy atom. The number of thioether (sulfide) groups is 1. The minimum absolute atomic E-state index is 0.0187. The maximum Gasteiger partial charge on any atom is 0.335 e. The second-order valence-electron chi connectivity index (χ2n) is 38.0. The van der Waals surface area contributed by atoms with Crippen molar-refractivity contribution in [2.75, 3.05) is 24.6 Å². The number of nitrogens with two attached hydrogens (primary N) is 3. The van der Waals surface area contributed by atoms with Gasteiger partial charge in [0.25, 0.3) is 0 Å². The zero-order valence-corrected chi connectivity index (χ0v) is 82.2. The van der Waals surface area contributed by atoms with Gasteiger partial charge >= 0.3 is 11.9 Å². The molecule has 2 aliphatic rings. The number of nitrogens with zero attached hydrogens (tertiary/aromatic N) is 1. The van der Waals surface area contributed by atoms with Crippen LogP contribution in [0.15, 0.2) is 128 Å². The number of aliphatic carboxylic acids is 1. The molecule has 140 heavy (non-hydrogen) atoms. The fourth-order valence-electron chi connectivity index (χ4n) is 16.1. The van der Waals surface area contributed by atoms with Crippen LogP contribution in [0.25, 0.3) is 11.1 Å². The number of primary amides is 1. The summed E-state index contributed by atoms with van der Waals surface area (Å²) in [6.07, 6.45) is 2.04. The van der Waals surface area contributed by atoms with Crippen molar-refractivity contribution in [1.29, 1.82) is 0 Å². The number of aromatic carboxylic acids is 1. The highest BCUT2D eigenvalue weighted by Crippen LogP contribution is 2.29. The van der Waals surface area contributed by atoms with E-state index in [-0.39, 0.29) is 87.4 Å². The number of aryl methyl sites for hydroxylation is 1. The molecule has 16 atom stereocenters. The molecular weight excluding hydrogens is 1820 g/mol. The van der Waals surface area contributed by atoms with Crippen LogP contribution in [0.4, 0.5) is 0 Å². The number of hydrogen-bond acceptors (Lipinski definition) is 23. The minimum atomic E-state index is -2.10. The molecule has 40 nitrogen and oxygen atoms in total. The van der Waals surface area contributed by atoms with Gasteiger partial charge in [0.05, 0.1) is 23.8 Å². The summed E-state index contributed by atoms with van der Waals surface area (Å²) in [6.45, 7) is 18.7. The Balaban J connectivity index is 1.35. The number of aromatic nitrogens is 1. The fourth-order valence-corrected chi connectivity index (χ4v) is 17.0. The minimum Gasteiger partial charge on any atom is -0.481 e. The summed E-state index contributed by atoms with van der Waals surface area (Å²) >= 11 is 0.698. The first-order chi connectivity index (χ1) is 66.2. The molecule has 0 unspecified atom stereocenters. The van der Waals surface area contributed by atoms with E-state index in [1.54, 1.807) is 118 Å². The molecule has 1 aromatic heterocycles. The van der Waals surface area contributed by atoms with Gasteiger partial charge in [-0.15, -0.1) is 11.8 Å². The van der Waals surface area contributed by atoms with Crippen molar-refractivity contribution in [3.8, 4) is 11.1 Å². The van der Waals surface area contributed by atoms with Gasteiger partial charge in [0.15, 0.2) is 0 Å². The van der Waals surface area contributed by atoms with Crippen LogP contribution in [-0.2, 0) is 107 Å². The average molecular weight is 1960 g/mol. The molecule has 0 spiro atoms. The quantitative estimate of drug-likeness (QED) is 0.0347. The molecule has 2 heterocycles. The first-order valence-corrected chi connectivity index (χ1v) is 48.5. The number of carbonyl (C=O) groups excluding carboxylic acids is 16. The van der Waals surface area contributed by atoms with Crippen LogP contribution in [0.3, 0.4) is 0 Å². The van der Waals surface area contributed by atoms with Gasteiger partial charge in [-0.25, -0.2) is 4.79 Å². The molecule has 1 saturated carbocycles. The second kappa shape index (κ2) is 55.5. The lowest BCUT2D eigenvalue weighted by atomic mass is 9.84. The van der Waals surface area contributed by atoms with E-state index in [4.69, 9.17) is 17.2 Å². The molecule has 2 fully saturated rings. The molecule has 1 aliphatic heterocycles. The van der Waals surface area contributed by atoms with Gasteiger partial charge in [0.1, 0.15) is 90.6 Å². The highest BCUT2D eigenvalue weighted by atomic mass is 32.2. The molecule has 5 aromatic rings. The molecule has 0 radical (unpaired) electrons. The van der Waals surface area contributed by atoms with E-state index in [0.717, 1.165) is 37.3 Å². The van der Waals surface area contributed by atoms with Gasteiger partial charge in [-0.1, -0.05) is 191 Å². The summed E-state index contributed by atoms with van der Waals surface area (Å²) < 4.78 is 0. The molecule has 1 saturated heterocycles. The molecule has 1 aliphatic carbocycles. The average Bonchev–Trinajstić information content (AvgIpc) is 0.664. The topological polar surface area (TPSA) is 639 Å². The molecule has 16 amide bonds. The molecular formula is C99H139N19O21S. The molecule has 0 bridgehead atoms. The van der Waals surface area contributed by atoms with Gasteiger partial charge in [-0.05, 0) is 153 Å². The second-order valence-corrected chi connectivity index (χ2v) is 39.0. The molecule has 24 N–H and O–H groups in total. The third-order valence-corrected chi connectivity index (χ3v) is 25.0. The highest BCUT2D eigenvalue weighted by molar-refractivity contribution is 8.00. The van der Waals surface area contributed by atoms with Crippen molar-refractivity contribution in [3.05, 3.63) is 161 Å². The Morgan fingerprint density at radius 2 is 0.900 bits per heavy atom. The predicted octanol–water partition coefficient (Wildman–Crippen LogP) is 0.868. The summed E-state index contributed by atoms with van der Waals surface area (Å²) in [6, 6.07) is 7.02. The Bertz CT molecular complexity index is 5100. The molecule has 762 valence electrons. The van der Waals surface area contributed by atoms with E-state index < -0.39 is 245 Å². The fraction of sp³-hybridized carbons (Fsp3) is 0.525. The normalized spacial score (nSPS) is 24.0. The monoisotopic (exact) mass is 1960 g/mol. The Kier molecular flexibility index (Phi) is 45.1. The number of carboxylic acid groups (broad SMARTS) is 2. The number of pyridine rings is 1. The van der Waals surface area contributed by atoms with Gasteiger partial charge in [-0.3, -0.25) is 86.5 Å². The number of benzene rings is 4. The Morgan fingerprint density at radius 1 is 0.457 bits per heavy atom. The Hall–Kier alpha value is -13.3. The third kappa shape index (κ3) is 36.8. The number of aliphatic hydroxyl groups excluding tert-OH is 1. The molecule has 4 aromatic carbocycles. The van der Waals surface area contributed by atoms with Gasteiger partial charge < -0.3 is 112 Å². The lowest BCUT2D eigenvalue weighted by Crippen LogP contribution is -2.63. The van der Waals surface area contributed by atoms with Crippen LogP contribution in [0.5, 0.6) is 0 Å². The van der Waals surface area contributed by atoms with Gasteiger partial charge in [0.2, 0.25) is 94.5 Å². The predicted molar refractivity (Wildman–Crippen MR) is 522 cm³/mol. The molecule has 7 rings (SSSR count). The summed E-state index contributed by atoms with van der Waals surface area (Å²) in [5, 5.41) is 71.4. The third-order valence-electron chi connectivity index (χ3n) is 24.0. The number of amides is 16. The van der Waals surface area contributed by atoms with Crippen molar-refractivity contribution < 1.29 is 102 Å². The number of nitrogens with one attached hydrogen (secondary N) is 15. The van der Waals surface area contributed by atoms with Crippen LogP contribution in [0.1, 0.15) is 185 Å². The maximum absolute atomic E-state index is 15.5. The zero-order valence-electron chi connectivity index (χ0n) is 81.4. The van der Waals surface area contributed by atoms with Crippen LogP contribution < -0.4 is 97.0 Å². The number of carboxylic acids is 2. The van der Waals surface area contributed by atoms with Crippen molar-refractivity contribution >= 4 is 118 Å². The number of aliphatic hydroxyl groups is 1. The van der Waals surface area contributed by atoms with Gasteiger partial charge in [-0.2, -0.15) is 0 Å². The summed E-state index contributed by atoms with van der Waals surface area (Å²) in [7, 11) is 0. The van der Waals surface area contributed by atoms with E-state index in [9.17, 15) is 63.3 Å². The molecule has 41 heteroatoms. The van der Waals surface area contributed by atoms with Gasteiger partial charge in [0, 0.05) is 43.8 Å². The van der Waals surface area contributed by atoms with E-state index >= 15 is 38.4 Å². The standard InChI is InChI=1S/C99H139N19O21S/c1-53(2)43-69-86(126)106-68(36-40-101)85(125)109-72(45-59-22-15-13-16-23-59)90(130)116-80(55(5)6)95(135)117-81(58(9)119)96(136)114-76(93(133)104-57(8)83(102)123)51-140-52-77(120)105-70(48-62-37-41-103-42-38-62)87(127)110-71(46-61-30-34-66(35-31-61)98(138)139)88(128)112-75(50-78(121)122)89(129)111-74(49-63-24-19-21-56(7)44-63)91(131)115-79(54(3)4)94(134)113-73(47-60-28-32-65(33-29-60)64-25-17-14-18-26-64)92(132)118-82(99(10,11)12)97(137)107-67(27-20-39-100)84(124)108-69/h14,17-19,21,24-26,28-35,37-38,41-42,44,53-55,57-59,67-76,79-82,119H,13,15-16,20,22-23,27,36,39-40,43,45-52,100-101H2,1-12H3,(H2,102,123)(H,104,133)(H,105,120)(H,106,126)(H,107,137)(H,108,124)(H,109,125)(H,110,127)(H,111,129)(H,112,128)(H,113,134)(H,114,136)(H,115,131)(H,116,130)(H,117,135)(H,118,132)(H,121,122)(H,138,139)/t57-,58+,67-,68-,69+,70-,71-,72-,73-,74-,75-,76-,79-,80-,81-,82+/m0/s1. The van der Waals surface area contributed by atoms with E-state index in [2.05, 4.69) is 84.7 Å². The van der Waals surface area contributed by atoms with Crippen molar-refractivity contribution in [2.24, 2.45) is 46.3 Å². The van der Waals surface area contributed by atoms with E-state index in [1.807, 2.05) is 30.3 Å². The van der Waals surface area contributed by atoms with Crippen molar-refractivity contribution in [3.63, 3.8) is 0 Å². The van der Waals surface area contributed by atoms with E-state index in [1.165, 1.54) is 55.7 Å². The largest absolute Gasteiger partial charge is 0.481 e. The Labute approximate surface area is 819 Å². The first kappa shape index (κ1) is 114. The SMILES string of the molecule is Cc1cccc(C[C@@H]2NC(=O)[C@H](CC(=O)O)NC(=O)[C@H](Cc3ccc(C(=O)O)cc3)NC(=O)[C@H](Cc3ccncc3)NC(=O)CSC[C@@H](C(=O)N[C@@H](C)C(N)=O)NC(=O)[C@H]([C@@H](C)O)NC(=O)[C@H](C(C)C)NC(=O)[C@H](CC3CCCCC3)NC(=O)[C@H](CCN)NC(=O)[C@@H](CC(C)C)NC(=O)[C@H](CCCN)NC(=O)[C@H](C(C)(C)C)NC(=O)[C@H](Cc3ccc(-c4ccccc4)cc3)NC(=O)[C@H](C(C)C)NC2=O)c1. The first-order valence-electron chi connectivity index (χ1n) is 47.4. The van der Waals surface area contributed by atoms with Crippen LogP contribution in [0, 0.1) is 36.0 Å². The smallest absolute Gasteiger partial charge is 0.335 e. The highest BCUT2D eigenvalue weighted by Gasteiger charge is 2.43. The van der Waals surface area contributed by atoms with Crippen molar-refractivity contribution in [2.45, 2.75) is 276 Å². The lowest BCUT2D eigenvalue weighted by molar-refractivity contribution is -0.141.